The fourth-order valence-corrected chi connectivity index (χ4v) is 1.59. The number of para-hydroxylation sites is 1. The maximum Gasteiger partial charge on any atom is 0.219 e. The molecule has 0 unspecified atom stereocenters. The van der Waals surface area contributed by atoms with Crippen LogP contribution >= 0.6 is 0 Å². The van der Waals surface area contributed by atoms with Crippen molar-refractivity contribution in [3.05, 3.63) is 54.2 Å². The lowest BCUT2D eigenvalue weighted by molar-refractivity contribution is 0.422. The van der Waals surface area contributed by atoms with E-state index in [-0.39, 0.29) is 5.54 Å². The zero-order valence-electron chi connectivity index (χ0n) is 11.7. The molecule has 0 saturated heterocycles. The Morgan fingerprint density at radius 1 is 1.11 bits per heavy atom. The Bertz CT molecular complexity index is 518. The van der Waals surface area contributed by atoms with Gasteiger partial charge in [-0.1, -0.05) is 18.2 Å². The first-order valence-electron chi connectivity index (χ1n) is 6.46. The van der Waals surface area contributed by atoms with Gasteiger partial charge in [-0.2, -0.15) is 0 Å². The highest BCUT2D eigenvalue weighted by molar-refractivity contribution is 5.28. The van der Waals surface area contributed by atoms with Crippen molar-refractivity contribution in [1.29, 1.82) is 0 Å². The standard InChI is InChI=1S/C16H20N2O/c1-16(2,3)18-12-13-9-10-17-15(11-13)19-14-7-5-4-6-8-14/h4-11,18H,12H2,1-3H3. The first-order valence-corrected chi connectivity index (χ1v) is 6.46. The summed E-state index contributed by atoms with van der Waals surface area (Å²) in [5.74, 6) is 1.43. The molecule has 100 valence electrons. The monoisotopic (exact) mass is 256 g/mol. The Labute approximate surface area is 114 Å². The van der Waals surface area contributed by atoms with Gasteiger partial charge in [0.15, 0.2) is 0 Å². The lowest BCUT2D eigenvalue weighted by atomic mass is 10.1. The number of pyridine rings is 1. The summed E-state index contributed by atoms with van der Waals surface area (Å²) in [6, 6.07) is 13.6. The van der Waals surface area contributed by atoms with Gasteiger partial charge < -0.3 is 10.1 Å². The summed E-state index contributed by atoms with van der Waals surface area (Å²) in [6.07, 6.45) is 1.78. The van der Waals surface area contributed by atoms with Gasteiger partial charge in [-0.3, -0.25) is 0 Å². The lowest BCUT2D eigenvalue weighted by Gasteiger charge is -2.20. The fourth-order valence-electron chi connectivity index (χ4n) is 1.59. The Kier molecular flexibility index (Phi) is 4.17. The zero-order valence-corrected chi connectivity index (χ0v) is 11.7. The largest absolute Gasteiger partial charge is 0.439 e. The van der Waals surface area contributed by atoms with Crippen molar-refractivity contribution in [2.24, 2.45) is 0 Å². The third-order valence-electron chi connectivity index (χ3n) is 2.59. The second-order valence-corrected chi connectivity index (χ2v) is 5.52. The molecule has 0 amide bonds. The molecule has 0 aliphatic rings. The number of ether oxygens (including phenoxy) is 1. The molecule has 1 N–H and O–H groups in total. The number of benzene rings is 1. The Morgan fingerprint density at radius 3 is 2.53 bits per heavy atom. The van der Waals surface area contributed by atoms with Gasteiger partial charge in [0, 0.05) is 24.3 Å². The molecule has 0 bridgehead atoms. The van der Waals surface area contributed by atoms with Crippen molar-refractivity contribution in [3.8, 4) is 11.6 Å². The summed E-state index contributed by atoms with van der Waals surface area (Å²) in [5, 5.41) is 3.45. The molecule has 0 radical (unpaired) electrons. The topological polar surface area (TPSA) is 34.2 Å². The van der Waals surface area contributed by atoms with Crippen molar-refractivity contribution in [2.45, 2.75) is 32.9 Å². The predicted octanol–water partition coefficient (Wildman–Crippen LogP) is 3.76. The van der Waals surface area contributed by atoms with E-state index in [9.17, 15) is 0 Å². The molecule has 0 aliphatic heterocycles. The van der Waals surface area contributed by atoms with E-state index in [2.05, 4.69) is 31.1 Å². The van der Waals surface area contributed by atoms with E-state index < -0.39 is 0 Å². The number of hydrogen-bond donors (Lipinski definition) is 1. The second-order valence-electron chi connectivity index (χ2n) is 5.52. The van der Waals surface area contributed by atoms with Gasteiger partial charge in [-0.15, -0.1) is 0 Å². The van der Waals surface area contributed by atoms with Crippen LogP contribution in [0.15, 0.2) is 48.7 Å². The van der Waals surface area contributed by atoms with Gasteiger partial charge in [0.2, 0.25) is 5.88 Å². The van der Waals surface area contributed by atoms with E-state index in [1.54, 1.807) is 6.20 Å². The molecule has 2 aromatic rings. The molecule has 0 spiro atoms. The van der Waals surface area contributed by atoms with Crippen LogP contribution in [0.25, 0.3) is 0 Å². The number of hydrogen-bond acceptors (Lipinski definition) is 3. The molecule has 0 aliphatic carbocycles. The summed E-state index contributed by atoms with van der Waals surface area (Å²) in [4.78, 5) is 4.23. The van der Waals surface area contributed by atoms with Crippen LogP contribution in [0, 0.1) is 0 Å². The summed E-state index contributed by atoms with van der Waals surface area (Å²) in [5.41, 5.74) is 1.26. The van der Waals surface area contributed by atoms with Crippen LogP contribution < -0.4 is 10.1 Å². The Hall–Kier alpha value is -1.87. The molecule has 0 saturated carbocycles. The maximum atomic E-state index is 5.71. The van der Waals surface area contributed by atoms with Crippen molar-refractivity contribution in [3.63, 3.8) is 0 Å². The summed E-state index contributed by atoms with van der Waals surface area (Å²) >= 11 is 0. The predicted molar refractivity (Wildman–Crippen MR) is 77.3 cm³/mol. The summed E-state index contributed by atoms with van der Waals surface area (Å²) in [7, 11) is 0. The van der Waals surface area contributed by atoms with Crippen LogP contribution in [0.3, 0.4) is 0 Å². The van der Waals surface area contributed by atoms with E-state index in [0.29, 0.717) is 5.88 Å². The van der Waals surface area contributed by atoms with E-state index in [1.165, 1.54) is 0 Å². The average Bonchev–Trinajstić information content (AvgIpc) is 2.37. The first kappa shape index (κ1) is 13.6. The molecule has 0 atom stereocenters. The molecule has 1 aromatic heterocycles. The molecule has 19 heavy (non-hydrogen) atoms. The van der Waals surface area contributed by atoms with Gasteiger partial charge in [0.05, 0.1) is 0 Å². The van der Waals surface area contributed by atoms with Crippen LogP contribution in [0.4, 0.5) is 0 Å². The Balaban J connectivity index is 2.03. The molecule has 1 aromatic carbocycles. The first-order chi connectivity index (χ1) is 9.03. The SMILES string of the molecule is CC(C)(C)NCc1ccnc(Oc2ccccc2)c1. The van der Waals surface area contributed by atoms with Gasteiger partial charge in [-0.25, -0.2) is 4.98 Å². The van der Waals surface area contributed by atoms with Gasteiger partial charge in [0.1, 0.15) is 5.75 Å². The fraction of sp³-hybridized carbons (Fsp3) is 0.312. The number of aromatic nitrogens is 1. The van der Waals surface area contributed by atoms with Crippen LogP contribution in [-0.4, -0.2) is 10.5 Å². The van der Waals surface area contributed by atoms with Gasteiger partial charge >= 0.3 is 0 Å². The van der Waals surface area contributed by atoms with Gasteiger partial charge in [-0.05, 0) is 44.5 Å². The van der Waals surface area contributed by atoms with E-state index in [1.807, 2.05) is 42.5 Å². The molecule has 3 nitrogen and oxygen atoms in total. The number of nitrogens with zero attached hydrogens (tertiary/aromatic N) is 1. The minimum Gasteiger partial charge on any atom is -0.439 e. The van der Waals surface area contributed by atoms with Gasteiger partial charge in [0.25, 0.3) is 0 Å². The van der Waals surface area contributed by atoms with Crippen molar-refractivity contribution < 1.29 is 4.74 Å². The molecule has 2 rings (SSSR count). The molecule has 1 heterocycles. The highest BCUT2D eigenvalue weighted by Gasteiger charge is 2.08. The highest BCUT2D eigenvalue weighted by atomic mass is 16.5. The highest BCUT2D eigenvalue weighted by Crippen LogP contribution is 2.19. The van der Waals surface area contributed by atoms with E-state index in [4.69, 9.17) is 4.74 Å². The quantitative estimate of drug-likeness (QED) is 0.904. The maximum absolute atomic E-state index is 5.71. The summed E-state index contributed by atoms with van der Waals surface area (Å²) < 4.78 is 5.71. The van der Waals surface area contributed by atoms with E-state index in [0.717, 1.165) is 17.9 Å². The second kappa shape index (κ2) is 5.85. The minimum atomic E-state index is 0.101. The Morgan fingerprint density at radius 2 is 1.84 bits per heavy atom. The van der Waals surface area contributed by atoms with Crippen molar-refractivity contribution in [1.82, 2.24) is 10.3 Å². The third kappa shape index (κ3) is 4.72. The molecular formula is C16H20N2O. The van der Waals surface area contributed by atoms with Crippen LogP contribution in [0.1, 0.15) is 26.3 Å². The zero-order chi connectivity index (χ0) is 13.7. The van der Waals surface area contributed by atoms with Crippen molar-refractivity contribution in [2.75, 3.05) is 0 Å². The van der Waals surface area contributed by atoms with Crippen LogP contribution in [0.5, 0.6) is 11.6 Å². The average molecular weight is 256 g/mol. The van der Waals surface area contributed by atoms with Crippen molar-refractivity contribution >= 4 is 0 Å². The third-order valence-corrected chi connectivity index (χ3v) is 2.59. The summed E-state index contributed by atoms with van der Waals surface area (Å²) in [6.45, 7) is 7.25. The molecule has 0 fully saturated rings. The molecule has 3 heteroatoms. The number of rotatable bonds is 4. The lowest BCUT2D eigenvalue weighted by Crippen LogP contribution is -2.35. The normalized spacial score (nSPS) is 11.3. The van der Waals surface area contributed by atoms with Crippen LogP contribution in [-0.2, 0) is 6.54 Å². The smallest absolute Gasteiger partial charge is 0.219 e. The number of nitrogens with one attached hydrogen (secondary N) is 1. The minimum absolute atomic E-state index is 0.101. The van der Waals surface area contributed by atoms with E-state index >= 15 is 0 Å². The van der Waals surface area contributed by atoms with Crippen LogP contribution in [0.2, 0.25) is 0 Å². The molecular weight excluding hydrogens is 236 g/mol.